The van der Waals surface area contributed by atoms with Crippen molar-refractivity contribution < 1.29 is 8.78 Å². The van der Waals surface area contributed by atoms with Crippen LogP contribution in [0.25, 0.3) is 0 Å². The lowest BCUT2D eigenvalue weighted by Gasteiger charge is -2.10. The van der Waals surface area contributed by atoms with Crippen LogP contribution in [0.4, 0.5) is 14.6 Å². The number of aromatic nitrogens is 3. The summed E-state index contributed by atoms with van der Waals surface area (Å²) in [5.41, 5.74) is 0.0472. The van der Waals surface area contributed by atoms with Gasteiger partial charge in [0.2, 0.25) is 0 Å². The number of hydrogen-bond acceptors (Lipinski definition) is 4. The van der Waals surface area contributed by atoms with Gasteiger partial charge in [0, 0.05) is 19.2 Å². The maximum atomic E-state index is 13.4. The van der Waals surface area contributed by atoms with Crippen LogP contribution in [-0.2, 0) is 6.42 Å². The van der Waals surface area contributed by atoms with Crippen LogP contribution in [-0.4, -0.2) is 26.8 Å². The molecule has 9 heteroatoms. The van der Waals surface area contributed by atoms with Gasteiger partial charge in [-0.3, -0.25) is 4.98 Å². The van der Waals surface area contributed by atoms with Crippen LogP contribution < -0.4 is 10.6 Å². The largest absolute Gasteiger partial charge is 0.362 e. The van der Waals surface area contributed by atoms with Crippen molar-refractivity contribution in [2.75, 3.05) is 11.9 Å². The van der Waals surface area contributed by atoms with E-state index in [1.165, 1.54) is 12.4 Å². The standard InChI is InChI=1S/C12H10BrF2N5S/c13-7-1-6-18-20-11(7)19-12(21)17-5-3-9-10(15)8(14)2-4-16-9/h1-2,4,6H,3,5H2,(H2,17,19,20,21). The van der Waals surface area contributed by atoms with Crippen molar-refractivity contribution in [1.82, 2.24) is 20.5 Å². The van der Waals surface area contributed by atoms with Crippen molar-refractivity contribution in [3.05, 3.63) is 46.3 Å². The predicted molar refractivity (Wildman–Crippen MR) is 81.8 cm³/mol. The quantitative estimate of drug-likeness (QED) is 0.802. The molecule has 0 unspecified atom stereocenters. The third-order valence-corrected chi connectivity index (χ3v) is 3.35. The summed E-state index contributed by atoms with van der Waals surface area (Å²) in [4.78, 5) is 3.79. The second-order valence-electron chi connectivity index (χ2n) is 3.91. The van der Waals surface area contributed by atoms with Crippen molar-refractivity contribution >= 4 is 39.1 Å². The fourth-order valence-corrected chi connectivity index (χ4v) is 1.98. The summed E-state index contributed by atoms with van der Waals surface area (Å²) in [6.07, 6.45) is 2.96. The monoisotopic (exact) mass is 373 g/mol. The highest BCUT2D eigenvalue weighted by molar-refractivity contribution is 9.10. The lowest BCUT2D eigenvalue weighted by Crippen LogP contribution is -2.31. The Bertz CT molecular complexity index is 655. The van der Waals surface area contributed by atoms with Gasteiger partial charge in [-0.15, -0.1) is 5.10 Å². The van der Waals surface area contributed by atoms with Crippen LogP contribution >= 0.6 is 28.1 Å². The average molecular weight is 374 g/mol. The first-order chi connectivity index (χ1) is 10.1. The second kappa shape index (κ2) is 7.32. The van der Waals surface area contributed by atoms with Crippen LogP contribution in [0.15, 0.2) is 29.0 Å². The Morgan fingerprint density at radius 1 is 1.29 bits per heavy atom. The molecule has 0 amide bonds. The highest BCUT2D eigenvalue weighted by Gasteiger charge is 2.09. The lowest BCUT2D eigenvalue weighted by molar-refractivity contribution is 0.491. The molecule has 0 aliphatic rings. The Labute approximate surface area is 133 Å². The third kappa shape index (κ3) is 4.36. The number of halogens is 3. The summed E-state index contributed by atoms with van der Waals surface area (Å²) in [6.45, 7) is 0.303. The van der Waals surface area contributed by atoms with E-state index in [-0.39, 0.29) is 12.1 Å². The number of nitrogens with zero attached hydrogens (tertiary/aromatic N) is 3. The molecule has 0 aliphatic carbocycles. The Kier molecular flexibility index (Phi) is 5.45. The van der Waals surface area contributed by atoms with Gasteiger partial charge in [0.1, 0.15) is 0 Å². The first-order valence-electron chi connectivity index (χ1n) is 5.89. The van der Waals surface area contributed by atoms with E-state index in [9.17, 15) is 8.78 Å². The van der Waals surface area contributed by atoms with Crippen LogP contribution in [0, 0.1) is 11.6 Å². The summed E-state index contributed by atoms with van der Waals surface area (Å²) in [6, 6.07) is 2.69. The summed E-state index contributed by atoms with van der Waals surface area (Å²) >= 11 is 8.36. The van der Waals surface area contributed by atoms with Crippen molar-refractivity contribution in [2.24, 2.45) is 0 Å². The summed E-state index contributed by atoms with van der Waals surface area (Å²) in [5, 5.41) is 13.6. The molecule has 0 saturated carbocycles. The predicted octanol–water partition coefficient (Wildman–Crippen LogP) is 2.44. The fraction of sp³-hybridized carbons (Fsp3) is 0.167. The van der Waals surface area contributed by atoms with Gasteiger partial charge < -0.3 is 10.6 Å². The maximum absolute atomic E-state index is 13.4. The number of pyridine rings is 1. The Morgan fingerprint density at radius 2 is 2.10 bits per heavy atom. The minimum atomic E-state index is -0.935. The maximum Gasteiger partial charge on any atom is 0.180 e. The number of nitrogens with one attached hydrogen (secondary N) is 2. The highest BCUT2D eigenvalue weighted by Crippen LogP contribution is 2.16. The Balaban J connectivity index is 1.85. The molecule has 110 valence electrons. The van der Waals surface area contributed by atoms with Gasteiger partial charge in [0.15, 0.2) is 22.6 Å². The van der Waals surface area contributed by atoms with Crippen molar-refractivity contribution in [2.45, 2.75) is 6.42 Å². The molecule has 5 nitrogen and oxygen atoms in total. The Hall–Kier alpha value is -1.74. The Morgan fingerprint density at radius 3 is 2.86 bits per heavy atom. The van der Waals surface area contributed by atoms with Crippen LogP contribution in [0.3, 0.4) is 0 Å². The molecule has 0 spiro atoms. The molecule has 2 aromatic heterocycles. The molecular weight excluding hydrogens is 364 g/mol. The zero-order valence-electron chi connectivity index (χ0n) is 10.6. The van der Waals surface area contributed by atoms with Gasteiger partial charge in [-0.1, -0.05) is 0 Å². The van der Waals surface area contributed by atoms with E-state index >= 15 is 0 Å². The molecule has 0 saturated heterocycles. The fourth-order valence-electron chi connectivity index (χ4n) is 1.48. The van der Waals surface area contributed by atoms with E-state index in [0.717, 1.165) is 6.07 Å². The third-order valence-electron chi connectivity index (χ3n) is 2.47. The first-order valence-corrected chi connectivity index (χ1v) is 7.09. The number of rotatable bonds is 4. The van der Waals surface area contributed by atoms with Gasteiger partial charge in [-0.25, -0.2) is 8.78 Å². The minimum Gasteiger partial charge on any atom is -0.362 e. The van der Waals surface area contributed by atoms with Crippen LogP contribution in [0.2, 0.25) is 0 Å². The topological polar surface area (TPSA) is 62.7 Å². The van der Waals surface area contributed by atoms with Gasteiger partial charge in [0.25, 0.3) is 0 Å². The van der Waals surface area contributed by atoms with Crippen LogP contribution in [0.5, 0.6) is 0 Å². The molecule has 2 rings (SSSR count). The van der Waals surface area contributed by atoms with E-state index in [0.29, 0.717) is 21.9 Å². The van der Waals surface area contributed by atoms with Crippen molar-refractivity contribution in [1.29, 1.82) is 0 Å². The molecule has 0 aliphatic heterocycles. The first kappa shape index (κ1) is 15.6. The van der Waals surface area contributed by atoms with Crippen LogP contribution in [0.1, 0.15) is 5.69 Å². The molecule has 0 fully saturated rings. The number of hydrogen-bond donors (Lipinski definition) is 2. The minimum absolute atomic E-state index is 0.0472. The molecular formula is C12H10BrF2N5S. The zero-order valence-corrected chi connectivity index (χ0v) is 13.0. The normalized spacial score (nSPS) is 10.2. The molecule has 2 N–H and O–H groups in total. The van der Waals surface area contributed by atoms with E-state index < -0.39 is 11.6 Å². The number of anilines is 1. The summed E-state index contributed by atoms with van der Waals surface area (Å²) in [7, 11) is 0. The van der Waals surface area contributed by atoms with E-state index in [1.54, 1.807) is 6.07 Å². The zero-order chi connectivity index (χ0) is 15.2. The van der Waals surface area contributed by atoms with Gasteiger partial charge in [-0.05, 0) is 40.3 Å². The second-order valence-corrected chi connectivity index (χ2v) is 5.17. The van der Waals surface area contributed by atoms with E-state index in [4.69, 9.17) is 12.2 Å². The molecule has 0 atom stereocenters. The number of thiocarbonyl (C=S) groups is 1. The molecule has 2 aromatic rings. The molecule has 0 radical (unpaired) electrons. The SMILES string of the molecule is Fc1ccnc(CCNC(=S)Nc2nnccc2Br)c1F. The molecule has 2 heterocycles. The lowest BCUT2D eigenvalue weighted by atomic mass is 10.2. The van der Waals surface area contributed by atoms with Crippen molar-refractivity contribution in [3.63, 3.8) is 0 Å². The summed E-state index contributed by atoms with van der Waals surface area (Å²) in [5.74, 6) is -1.39. The van der Waals surface area contributed by atoms with Gasteiger partial charge >= 0.3 is 0 Å². The van der Waals surface area contributed by atoms with Gasteiger partial charge in [-0.2, -0.15) is 5.10 Å². The average Bonchev–Trinajstić information content (AvgIpc) is 2.46. The van der Waals surface area contributed by atoms with Crippen molar-refractivity contribution in [3.8, 4) is 0 Å². The summed E-state index contributed by atoms with van der Waals surface area (Å²) < 4.78 is 27.1. The highest BCUT2D eigenvalue weighted by atomic mass is 79.9. The van der Waals surface area contributed by atoms with E-state index in [2.05, 4.69) is 41.7 Å². The van der Waals surface area contributed by atoms with E-state index in [1.807, 2.05) is 0 Å². The molecule has 0 aromatic carbocycles. The smallest absolute Gasteiger partial charge is 0.180 e. The van der Waals surface area contributed by atoms with Gasteiger partial charge in [0.05, 0.1) is 16.4 Å². The molecule has 21 heavy (non-hydrogen) atoms. The molecule has 0 bridgehead atoms.